The van der Waals surface area contributed by atoms with Crippen LogP contribution in [0.3, 0.4) is 0 Å². The molecule has 0 aromatic heterocycles. The molecule has 0 amide bonds. The van der Waals surface area contributed by atoms with Crippen LogP contribution in [0.15, 0.2) is 36.4 Å². The summed E-state index contributed by atoms with van der Waals surface area (Å²) in [5.41, 5.74) is 8.92. The van der Waals surface area contributed by atoms with Crippen LogP contribution in [0.5, 0.6) is 0 Å². The van der Waals surface area contributed by atoms with E-state index in [0.29, 0.717) is 17.1 Å². The van der Waals surface area contributed by atoms with Gasteiger partial charge in [0.25, 0.3) is 0 Å². The molecule has 0 fully saturated rings. The Morgan fingerprint density at radius 2 is 2.00 bits per heavy atom. The van der Waals surface area contributed by atoms with Crippen LogP contribution in [0.1, 0.15) is 11.1 Å². The predicted molar refractivity (Wildman–Crippen MR) is 69.5 cm³/mol. The van der Waals surface area contributed by atoms with E-state index in [1.54, 1.807) is 19.1 Å². The molecule has 2 aromatic carbocycles. The maximum Gasteiger partial charge on any atom is 0.126 e. The third-order valence-corrected chi connectivity index (χ3v) is 3.21. The van der Waals surface area contributed by atoms with Crippen LogP contribution in [0.4, 0.5) is 4.39 Å². The van der Waals surface area contributed by atoms with E-state index in [-0.39, 0.29) is 5.82 Å². The smallest absolute Gasteiger partial charge is 0.126 e. The summed E-state index contributed by atoms with van der Waals surface area (Å²) < 4.78 is 13.5. The Morgan fingerprint density at radius 1 is 1.24 bits per heavy atom. The first-order chi connectivity index (χ1) is 8.13. The van der Waals surface area contributed by atoms with Crippen molar-refractivity contribution >= 4 is 11.6 Å². The van der Waals surface area contributed by atoms with Gasteiger partial charge < -0.3 is 5.73 Å². The van der Waals surface area contributed by atoms with Gasteiger partial charge in [-0.15, -0.1) is 0 Å². The van der Waals surface area contributed by atoms with E-state index in [9.17, 15) is 4.39 Å². The summed E-state index contributed by atoms with van der Waals surface area (Å²) in [6.45, 7) is 2.14. The van der Waals surface area contributed by atoms with E-state index < -0.39 is 0 Å². The highest BCUT2D eigenvalue weighted by Gasteiger charge is 2.07. The molecule has 0 saturated heterocycles. The molecule has 0 unspecified atom stereocenters. The molecule has 3 heteroatoms. The molecule has 0 bridgehead atoms. The lowest BCUT2D eigenvalue weighted by Crippen LogP contribution is -1.98. The highest BCUT2D eigenvalue weighted by Crippen LogP contribution is 2.28. The lowest BCUT2D eigenvalue weighted by atomic mass is 9.98. The lowest BCUT2D eigenvalue weighted by molar-refractivity contribution is 0.619. The minimum absolute atomic E-state index is 0.202. The number of nitrogens with two attached hydrogens (primary N) is 1. The van der Waals surface area contributed by atoms with Gasteiger partial charge in [0, 0.05) is 11.6 Å². The van der Waals surface area contributed by atoms with Crippen LogP contribution in [0.25, 0.3) is 11.1 Å². The lowest BCUT2D eigenvalue weighted by Gasteiger charge is -2.09. The van der Waals surface area contributed by atoms with Crippen molar-refractivity contribution in [2.45, 2.75) is 13.5 Å². The topological polar surface area (TPSA) is 26.0 Å². The van der Waals surface area contributed by atoms with Gasteiger partial charge in [0.1, 0.15) is 5.82 Å². The second-order valence-electron chi connectivity index (χ2n) is 3.92. The maximum atomic E-state index is 13.5. The minimum atomic E-state index is -0.202. The standard InChI is InChI=1S/C14H13ClFN/c1-9-12(3-2-4-14(9)16)10-5-6-13(15)11(7-10)8-17/h2-7H,8,17H2,1H3. The van der Waals surface area contributed by atoms with Gasteiger partial charge in [-0.25, -0.2) is 4.39 Å². The van der Waals surface area contributed by atoms with Crippen LogP contribution in [-0.2, 0) is 6.54 Å². The van der Waals surface area contributed by atoms with Crippen molar-refractivity contribution in [2.24, 2.45) is 5.73 Å². The fourth-order valence-corrected chi connectivity index (χ4v) is 2.01. The van der Waals surface area contributed by atoms with Crippen molar-refractivity contribution in [3.8, 4) is 11.1 Å². The molecule has 88 valence electrons. The van der Waals surface area contributed by atoms with Gasteiger partial charge in [0.15, 0.2) is 0 Å². The summed E-state index contributed by atoms with van der Waals surface area (Å²) in [5, 5.41) is 0.644. The minimum Gasteiger partial charge on any atom is -0.326 e. The second kappa shape index (κ2) is 4.86. The molecule has 2 rings (SSSR count). The van der Waals surface area contributed by atoms with Crippen molar-refractivity contribution in [3.63, 3.8) is 0 Å². The zero-order chi connectivity index (χ0) is 12.4. The summed E-state index contributed by atoms with van der Waals surface area (Å²) >= 11 is 6.00. The molecule has 0 atom stereocenters. The average Bonchev–Trinajstić information content (AvgIpc) is 2.34. The number of benzene rings is 2. The van der Waals surface area contributed by atoms with Gasteiger partial charge in [-0.3, -0.25) is 0 Å². The third kappa shape index (κ3) is 2.33. The Hall–Kier alpha value is -1.38. The maximum absolute atomic E-state index is 13.5. The van der Waals surface area contributed by atoms with Crippen molar-refractivity contribution in [1.82, 2.24) is 0 Å². The third-order valence-electron chi connectivity index (χ3n) is 2.84. The average molecular weight is 250 g/mol. The highest BCUT2D eigenvalue weighted by atomic mass is 35.5. The molecule has 2 N–H and O–H groups in total. The Morgan fingerprint density at radius 3 is 2.71 bits per heavy atom. The molecule has 0 aliphatic rings. The summed E-state index contributed by atoms with van der Waals surface area (Å²) in [7, 11) is 0. The van der Waals surface area contributed by atoms with Crippen LogP contribution in [0.2, 0.25) is 5.02 Å². The molecule has 0 spiro atoms. The second-order valence-corrected chi connectivity index (χ2v) is 4.33. The van der Waals surface area contributed by atoms with Crippen molar-refractivity contribution < 1.29 is 4.39 Å². The first-order valence-electron chi connectivity index (χ1n) is 5.37. The molecule has 0 saturated carbocycles. The highest BCUT2D eigenvalue weighted by molar-refractivity contribution is 6.31. The number of hydrogen-bond donors (Lipinski definition) is 1. The first-order valence-corrected chi connectivity index (χ1v) is 5.75. The quantitative estimate of drug-likeness (QED) is 0.858. The largest absolute Gasteiger partial charge is 0.326 e. The molecule has 1 nitrogen and oxygen atoms in total. The van der Waals surface area contributed by atoms with Gasteiger partial charge in [0.05, 0.1) is 0 Å². The fraction of sp³-hybridized carbons (Fsp3) is 0.143. The molecule has 17 heavy (non-hydrogen) atoms. The van der Waals surface area contributed by atoms with Gasteiger partial charge in [-0.05, 0) is 47.4 Å². The molecular weight excluding hydrogens is 237 g/mol. The zero-order valence-electron chi connectivity index (χ0n) is 9.50. The van der Waals surface area contributed by atoms with Crippen LogP contribution in [0, 0.1) is 12.7 Å². The monoisotopic (exact) mass is 249 g/mol. The number of rotatable bonds is 2. The number of hydrogen-bond acceptors (Lipinski definition) is 1. The van der Waals surface area contributed by atoms with E-state index in [1.165, 1.54) is 6.07 Å². The van der Waals surface area contributed by atoms with Gasteiger partial charge in [-0.2, -0.15) is 0 Å². The Balaban J connectivity index is 2.57. The van der Waals surface area contributed by atoms with E-state index in [4.69, 9.17) is 17.3 Å². The van der Waals surface area contributed by atoms with Gasteiger partial charge in [0.2, 0.25) is 0 Å². The summed E-state index contributed by atoms with van der Waals surface area (Å²) in [5.74, 6) is -0.202. The van der Waals surface area contributed by atoms with Crippen LogP contribution in [-0.4, -0.2) is 0 Å². The summed E-state index contributed by atoms with van der Waals surface area (Å²) in [6.07, 6.45) is 0. The van der Waals surface area contributed by atoms with Gasteiger partial charge >= 0.3 is 0 Å². The first kappa shape index (κ1) is 12.1. The van der Waals surface area contributed by atoms with E-state index in [0.717, 1.165) is 16.7 Å². The Bertz CT molecular complexity index is 552. The predicted octanol–water partition coefficient (Wildman–Crippen LogP) is 3.91. The van der Waals surface area contributed by atoms with Gasteiger partial charge in [-0.1, -0.05) is 29.8 Å². The van der Waals surface area contributed by atoms with E-state index in [2.05, 4.69) is 0 Å². The van der Waals surface area contributed by atoms with Crippen molar-refractivity contribution in [1.29, 1.82) is 0 Å². The van der Waals surface area contributed by atoms with Crippen LogP contribution < -0.4 is 5.73 Å². The molecule has 0 aliphatic heterocycles. The SMILES string of the molecule is Cc1c(F)cccc1-c1ccc(Cl)c(CN)c1. The summed E-state index contributed by atoms with van der Waals surface area (Å²) in [4.78, 5) is 0. The van der Waals surface area contributed by atoms with Crippen molar-refractivity contribution in [2.75, 3.05) is 0 Å². The molecule has 2 aromatic rings. The molecule has 0 radical (unpaired) electrons. The zero-order valence-corrected chi connectivity index (χ0v) is 10.3. The summed E-state index contributed by atoms with van der Waals surface area (Å²) in [6, 6.07) is 10.6. The number of halogens is 2. The fourth-order valence-electron chi connectivity index (χ4n) is 1.82. The molecular formula is C14H13ClFN. The molecule has 0 heterocycles. The van der Waals surface area contributed by atoms with Crippen LogP contribution >= 0.6 is 11.6 Å². The normalized spacial score (nSPS) is 10.6. The van der Waals surface area contributed by atoms with E-state index in [1.807, 2.05) is 18.2 Å². The van der Waals surface area contributed by atoms with E-state index >= 15 is 0 Å². The Kier molecular flexibility index (Phi) is 3.46. The molecule has 0 aliphatic carbocycles. The Labute approximate surface area is 105 Å². The van der Waals surface area contributed by atoms with Crippen molar-refractivity contribution in [3.05, 3.63) is 58.4 Å².